The Kier molecular flexibility index (Phi) is 6.15. The van der Waals surface area contributed by atoms with Crippen molar-refractivity contribution >= 4 is 54.3 Å². The van der Waals surface area contributed by atoms with Crippen molar-refractivity contribution in [2.45, 2.75) is 0 Å². The van der Waals surface area contributed by atoms with Gasteiger partial charge in [-0.1, -0.05) is 140 Å². The fourth-order valence-corrected chi connectivity index (χ4v) is 7.11. The number of furan rings is 1. The van der Waals surface area contributed by atoms with E-state index in [1.54, 1.807) is 0 Å². The van der Waals surface area contributed by atoms with Crippen LogP contribution in [-0.2, 0) is 0 Å². The van der Waals surface area contributed by atoms with Crippen molar-refractivity contribution in [3.63, 3.8) is 0 Å². The standard InChI is InChI=1S/C45H27N3O/c1-2-13-30(14-3-1)36-19-10-17-33-27-38(41-37-18-8-9-20-39(37)49-42(41)40(33)36)45-47-43(34-23-21-28-11-4-6-15-31(28)25-34)46-44(48-45)35-24-22-29-12-5-7-16-32(29)26-35/h1-27H. The number of hydrogen-bond acceptors (Lipinski definition) is 4. The molecule has 4 nitrogen and oxygen atoms in total. The average molecular weight is 626 g/mol. The Morgan fingerprint density at radius 2 is 0.918 bits per heavy atom. The summed E-state index contributed by atoms with van der Waals surface area (Å²) in [4.78, 5) is 15.6. The van der Waals surface area contributed by atoms with E-state index in [9.17, 15) is 0 Å². The van der Waals surface area contributed by atoms with Gasteiger partial charge in [-0.15, -0.1) is 0 Å². The van der Waals surface area contributed by atoms with Gasteiger partial charge in [-0.3, -0.25) is 0 Å². The van der Waals surface area contributed by atoms with Crippen molar-refractivity contribution in [3.05, 3.63) is 164 Å². The maximum atomic E-state index is 6.74. The van der Waals surface area contributed by atoms with Gasteiger partial charge in [-0.2, -0.15) is 0 Å². The van der Waals surface area contributed by atoms with E-state index >= 15 is 0 Å². The van der Waals surface area contributed by atoms with Gasteiger partial charge in [-0.25, -0.2) is 15.0 Å². The van der Waals surface area contributed by atoms with Crippen LogP contribution in [0.15, 0.2) is 168 Å². The third-order valence-corrected chi connectivity index (χ3v) is 9.46. The van der Waals surface area contributed by atoms with Crippen molar-refractivity contribution < 1.29 is 4.42 Å². The van der Waals surface area contributed by atoms with Crippen LogP contribution in [0, 0.1) is 0 Å². The lowest BCUT2D eigenvalue weighted by Gasteiger charge is -2.13. The van der Waals surface area contributed by atoms with Crippen LogP contribution in [-0.4, -0.2) is 15.0 Å². The second-order valence-electron chi connectivity index (χ2n) is 12.4. The van der Waals surface area contributed by atoms with E-state index in [4.69, 9.17) is 19.4 Å². The molecule has 0 radical (unpaired) electrons. The van der Waals surface area contributed by atoms with Gasteiger partial charge in [0, 0.05) is 32.8 Å². The van der Waals surface area contributed by atoms with E-state index in [1.165, 1.54) is 10.8 Å². The molecule has 0 aliphatic heterocycles. The van der Waals surface area contributed by atoms with Crippen molar-refractivity contribution in [3.8, 4) is 45.3 Å². The van der Waals surface area contributed by atoms with Gasteiger partial charge in [0.2, 0.25) is 0 Å². The first-order chi connectivity index (χ1) is 24.3. The number of hydrogen-bond donors (Lipinski definition) is 0. The van der Waals surface area contributed by atoms with E-state index in [-0.39, 0.29) is 0 Å². The van der Waals surface area contributed by atoms with Crippen molar-refractivity contribution in [1.82, 2.24) is 15.0 Å². The highest BCUT2D eigenvalue weighted by Gasteiger charge is 2.22. The van der Waals surface area contributed by atoms with Crippen LogP contribution in [0.25, 0.3) is 99.5 Å². The van der Waals surface area contributed by atoms with Crippen LogP contribution >= 0.6 is 0 Å². The molecule has 0 unspecified atom stereocenters. The molecule has 0 N–H and O–H groups in total. The van der Waals surface area contributed by atoms with Gasteiger partial charge in [0.1, 0.15) is 11.2 Å². The van der Waals surface area contributed by atoms with E-state index in [0.29, 0.717) is 17.5 Å². The zero-order valence-corrected chi connectivity index (χ0v) is 26.3. The van der Waals surface area contributed by atoms with Crippen molar-refractivity contribution in [2.75, 3.05) is 0 Å². The average Bonchev–Trinajstić information content (AvgIpc) is 3.57. The molecule has 0 bridgehead atoms. The predicted molar refractivity (Wildman–Crippen MR) is 201 cm³/mol. The summed E-state index contributed by atoms with van der Waals surface area (Å²) in [6, 6.07) is 56.9. The summed E-state index contributed by atoms with van der Waals surface area (Å²) < 4.78 is 6.74. The Morgan fingerprint density at radius 3 is 1.61 bits per heavy atom. The molecule has 2 heterocycles. The van der Waals surface area contributed by atoms with Gasteiger partial charge in [0.05, 0.1) is 0 Å². The molecule has 4 heteroatoms. The molecule has 228 valence electrons. The second kappa shape index (κ2) is 11.0. The molecule has 8 aromatic carbocycles. The molecule has 0 amide bonds. The fourth-order valence-electron chi connectivity index (χ4n) is 7.11. The summed E-state index contributed by atoms with van der Waals surface area (Å²) in [7, 11) is 0. The number of aromatic nitrogens is 3. The van der Waals surface area contributed by atoms with Crippen LogP contribution in [0.4, 0.5) is 0 Å². The first kappa shape index (κ1) is 27.5. The molecule has 0 spiro atoms. The molecule has 0 aliphatic rings. The van der Waals surface area contributed by atoms with Gasteiger partial charge in [0.15, 0.2) is 17.5 Å². The Balaban J connectivity index is 1.29. The van der Waals surface area contributed by atoms with Crippen molar-refractivity contribution in [1.29, 1.82) is 0 Å². The minimum atomic E-state index is 0.602. The molecule has 10 aromatic rings. The minimum Gasteiger partial charge on any atom is -0.455 e. The van der Waals surface area contributed by atoms with Crippen LogP contribution in [0.3, 0.4) is 0 Å². The maximum absolute atomic E-state index is 6.74. The zero-order valence-electron chi connectivity index (χ0n) is 26.3. The smallest absolute Gasteiger partial charge is 0.164 e. The molecule has 0 saturated carbocycles. The molecule has 0 aliphatic carbocycles. The van der Waals surface area contributed by atoms with Crippen molar-refractivity contribution in [2.24, 2.45) is 0 Å². The zero-order chi connectivity index (χ0) is 32.3. The Labute approximate surface area is 282 Å². The van der Waals surface area contributed by atoms with Crippen LogP contribution in [0.2, 0.25) is 0 Å². The number of fused-ring (bicyclic) bond motifs is 7. The van der Waals surface area contributed by atoms with Crippen LogP contribution in [0.1, 0.15) is 0 Å². The third kappa shape index (κ3) is 4.57. The van der Waals surface area contributed by atoms with Gasteiger partial charge < -0.3 is 4.42 Å². The topological polar surface area (TPSA) is 51.8 Å². The molecule has 0 fully saturated rings. The minimum absolute atomic E-state index is 0.602. The number of benzene rings is 8. The Bertz CT molecular complexity index is 2790. The summed E-state index contributed by atoms with van der Waals surface area (Å²) in [5.41, 5.74) is 6.69. The predicted octanol–water partition coefficient (Wildman–Crippen LogP) is 11.9. The molecule has 2 aromatic heterocycles. The Morgan fingerprint density at radius 1 is 0.347 bits per heavy atom. The SMILES string of the molecule is c1ccc(-c2cccc3cc(-c4nc(-c5ccc6ccccc6c5)nc(-c5ccc6ccccc6c5)n4)c4c5ccccc5oc4c23)cc1. The highest BCUT2D eigenvalue weighted by molar-refractivity contribution is 6.23. The molecular formula is C45H27N3O. The van der Waals surface area contributed by atoms with Crippen LogP contribution < -0.4 is 0 Å². The van der Waals surface area contributed by atoms with Crippen LogP contribution in [0.5, 0.6) is 0 Å². The molecule has 0 saturated heterocycles. The van der Waals surface area contributed by atoms with Gasteiger partial charge >= 0.3 is 0 Å². The summed E-state index contributed by atoms with van der Waals surface area (Å²) in [5.74, 6) is 1.85. The summed E-state index contributed by atoms with van der Waals surface area (Å²) in [6.07, 6.45) is 0. The lowest BCUT2D eigenvalue weighted by atomic mass is 9.93. The third-order valence-electron chi connectivity index (χ3n) is 9.46. The number of nitrogens with zero attached hydrogens (tertiary/aromatic N) is 3. The highest BCUT2D eigenvalue weighted by atomic mass is 16.3. The molecule has 0 atom stereocenters. The first-order valence-electron chi connectivity index (χ1n) is 16.4. The highest BCUT2D eigenvalue weighted by Crippen LogP contribution is 2.44. The normalized spacial score (nSPS) is 11.7. The second-order valence-corrected chi connectivity index (χ2v) is 12.4. The molecule has 10 rings (SSSR count). The Hall–Kier alpha value is -6.65. The summed E-state index contributed by atoms with van der Waals surface area (Å²) >= 11 is 0. The quantitative estimate of drug-likeness (QED) is 0.195. The lowest BCUT2D eigenvalue weighted by molar-refractivity contribution is 0.673. The summed E-state index contributed by atoms with van der Waals surface area (Å²) in [6.45, 7) is 0. The largest absolute Gasteiger partial charge is 0.455 e. The van der Waals surface area contributed by atoms with E-state index in [0.717, 1.165) is 71.3 Å². The van der Waals surface area contributed by atoms with Gasteiger partial charge in [-0.05, 0) is 62.3 Å². The van der Waals surface area contributed by atoms with E-state index in [2.05, 4.69) is 146 Å². The van der Waals surface area contributed by atoms with E-state index in [1.807, 2.05) is 18.2 Å². The fraction of sp³-hybridized carbons (Fsp3) is 0. The number of para-hydroxylation sites is 1. The molecule has 49 heavy (non-hydrogen) atoms. The monoisotopic (exact) mass is 625 g/mol. The molecular weight excluding hydrogens is 599 g/mol. The van der Waals surface area contributed by atoms with Gasteiger partial charge in [0.25, 0.3) is 0 Å². The summed E-state index contributed by atoms with van der Waals surface area (Å²) in [5, 5.41) is 8.76. The maximum Gasteiger partial charge on any atom is 0.164 e. The first-order valence-corrected chi connectivity index (χ1v) is 16.4. The number of rotatable bonds is 4. The van der Waals surface area contributed by atoms with E-state index < -0.39 is 0 Å². The lowest BCUT2D eigenvalue weighted by Crippen LogP contribution is -2.01.